The van der Waals surface area contributed by atoms with Crippen LogP contribution >= 0.6 is 11.6 Å². The van der Waals surface area contributed by atoms with E-state index in [0.29, 0.717) is 18.1 Å². The molecule has 0 spiro atoms. The average molecular weight is 258 g/mol. The summed E-state index contributed by atoms with van der Waals surface area (Å²) >= 11 is 6.00. The maximum atomic E-state index is 8.74. The molecule has 4 heteroatoms. The minimum Gasteiger partial charge on any atom is -0.493 e. The van der Waals surface area contributed by atoms with Gasteiger partial charge in [-0.05, 0) is 31.7 Å². The molecule has 1 aromatic carbocycles. The molecule has 1 unspecified atom stereocenters. The highest BCUT2D eigenvalue weighted by Gasteiger charge is 2.11. The summed E-state index contributed by atoms with van der Waals surface area (Å²) in [7, 11) is 0. The summed E-state index contributed by atoms with van der Waals surface area (Å²) in [4.78, 5) is 0. The smallest absolute Gasteiger partial charge is 0.124 e. The van der Waals surface area contributed by atoms with Crippen LogP contribution in [0, 0.1) is 0 Å². The van der Waals surface area contributed by atoms with Gasteiger partial charge in [0, 0.05) is 29.7 Å². The quantitative estimate of drug-likeness (QED) is 0.738. The van der Waals surface area contributed by atoms with Crippen LogP contribution in [0.2, 0.25) is 5.02 Å². The Morgan fingerprint density at radius 3 is 2.88 bits per heavy atom. The molecule has 3 nitrogen and oxygen atoms in total. The van der Waals surface area contributed by atoms with Crippen LogP contribution in [-0.2, 0) is 0 Å². The van der Waals surface area contributed by atoms with Crippen LogP contribution in [0.1, 0.15) is 31.9 Å². The Hall–Kier alpha value is -0.770. The second kappa shape index (κ2) is 7.54. The minimum atomic E-state index is 0.145. The highest BCUT2D eigenvalue weighted by molar-refractivity contribution is 6.30. The minimum absolute atomic E-state index is 0.145. The van der Waals surface area contributed by atoms with E-state index in [4.69, 9.17) is 21.4 Å². The van der Waals surface area contributed by atoms with Crippen LogP contribution in [0.5, 0.6) is 5.75 Å². The highest BCUT2D eigenvalue weighted by atomic mass is 35.5. The summed E-state index contributed by atoms with van der Waals surface area (Å²) < 4.78 is 5.64. The summed E-state index contributed by atoms with van der Waals surface area (Å²) in [6, 6.07) is 5.81. The summed E-state index contributed by atoms with van der Waals surface area (Å²) in [5.74, 6) is 0.830. The molecule has 1 aromatic rings. The fraction of sp³-hybridized carbons (Fsp3) is 0.538. The van der Waals surface area contributed by atoms with Gasteiger partial charge in [-0.1, -0.05) is 18.5 Å². The van der Waals surface area contributed by atoms with Crippen molar-refractivity contribution in [1.29, 1.82) is 0 Å². The Kier molecular flexibility index (Phi) is 6.34. The first-order chi connectivity index (χ1) is 8.19. The van der Waals surface area contributed by atoms with Gasteiger partial charge in [0.15, 0.2) is 0 Å². The van der Waals surface area contributed by atoms with Gasteiger partial charge in [0.2, 0.25) is 0 Å². The predicted molar refractivity (Wildman–Crippen MR) is 70.7 cm³/mol. The summed E-state index contributed by atoms with van der Waals surface area (Å²) in [6.45, 7) is 5.70. The monoisotopic (exact) mass is 257 g/mol. The van der Waals surface area contributed by atoms with Crippen molar-refractivity contribution < 1.29 is 9.84 Å². The second-order valence-electron chi connectivity index (χ2n) is 3.89. The van der Waals surface area contributed by atoms with Gasteiger partial charge < -0.3 is 15.2 Å². The molecule has 0 heterocycles. The molecule has 0 amide bonds. The Morgan fingerprint density at radius 1 is 1.47 bits per heavy atom. The molecule has 17 heavy (non-hydrogen) atoms. The van der Waals surface area contributed by atoms with Gasteiger partial charge in [0.25, 0.3) is 0 Å². The Bertz CT molecular complexity index is 344. The maximum absolute atomic E-state index is 8.74. The van der Waals surface area contributed by atoms with Crippen molar-refractivity contribution in [3.05, 3.63) is 28.8 Å². The molecular weight excluding hydrogens is 238 g/mol. The molecular formula is C13H20ClNO2. The number of hydrogen-bond acceptors (Lipinski definition) is 3. The first-order valence-electron chi connectivity index (χ1n) is 5.95. The summed E-state index contributed by atoms with van der Waals surface area (Å²) in [5, 5.41) is 12.8. The zero-order valence-corrected chi connectivity index (χ0v) is 11.1. The third kappa shape index (κ3) is 4.54. The van der Waals surface area contributed by atoms with Crippen LogP contribution in [0.15, 0.2) is 18.2 Å². The van der Waals surface area contributed by atoms with Crippen molar-refractivity contribution in [3.8, 4) is 5.75 Å². The molecule has 0 aromatic heterocycles. The van der Waals surface area contributed by atoms with E-state index in [0.717, 1.165) is 17.9 Å². The summed E-state index contributed by atoms with van der Waals surface area (Å²) in [6.07, 6.45) is 0.637. The lowest BCUT2D eigenvalue weighted by Crippen LogP contribution is -2.18. The van der Waals surface area contributed by atoms with Gasteiger partial charge in [-0.15, -0.1) is 0 Å². The Morgan fingerprint density at radius 2 is 2.24 bits per heavy atom. The van der Waals surface area contributed by atoms with Gasteiger partial charge in [-0.25, -0.2) is 0 Å². The lowest BCUT2D eigenvalue weighted by Gasteiger charge is -2.18. The van der Waals surface area contributed by atoms with E-state index < -0.39 is 0 Å². The Balaban J connectivity index is 2.79. The second-order valence-corrected chi connectivity index (χ2v) is 4.32. The zero-order valence-electron chi connectivity index (χ0n) is 10.4. The van der Waals surface area contributed by atoms with Gasteiger partial charge in [-0.3, -0.25) is 0 Å². The molecule has 0 fully saturated rings. The standard InChI is InChI=1S/C13H20ClNO2/c1-3-15-10(2)12-9-11(14)5-6-13(12)17-8-4-7-16/h5-6,9-10,15-16H,3-4,7-8H2,1-2H3. The van der Waals surface area contributed by atoms with E-state index >= 15 is 0 Å². The van der Waals surface area contributed by atoms with Crippen molar-refractivity contribution in [3.63, 3.8) is 0 Å². The molecule has 2 N–H and O–H groups in total. The largest absolute Gasteiger partial charge is 0.493 e. The fourth-order valence-corrected chi connectivity index (χ4v) is 1.83. The molecule has 0 aliphatic carbocycles. The number of nitrogens with one attached hydrogen (secondary N) is 1. The van der Waals surface area contributed by atoms with E-state index in [1.807, 2.05) is 18.2 Å². The molecule has 0 saturated carbocycles. The third-order valence-corrected chi connectivity index (χ3v) is 2.74. The van der Waals surface area contributed by atoms with Crippen LogP contribution in [-0.4, -0.2) is 24.9 Å². The van der Waals surface area contributed by atoms with E-state index in [9.17, 15) is 0 Å². The number of rotatable bonds is 7. The molecule has 0 saturated heterocycles. The highest BCUT2D eigenvalue weighted by Crippen LogP contribution is 2.28. The maximum Gasteiger partial charge on any atom is 0.124 e. The number of aliphatic hydroxyl groups is 1. The van der Waals surface area contributed by atoms with Gasteiger partial charge in [0.05, 0.1) is 6.61 Å². The predicted octanol–water partition coefficient (Wildman–Crippen LogP) is 2.77. The number of halogens is 1. The first kappa shape index (κ1) is 14.3. The van der Waals surface area contributed by atoms with Crippen molar-refractivity contribution in [1.82, 2.24) is 5.32 Å². The van der Waals surface area contributed by atoms with Crippen molar-refractivity contribution in [2.45, 2.75) is 26.3 Å². The average Bonchev–Trinajstić information content (AvgIpc) is 2.31. The topological polar surface area (TPSA) is 41.5 Å². The van der Waals surface area contributed by atoms with E-state index in [1.54, 1.807) is 0 Å². The van der Waals surface area contributed by atoms with Crippen LogP contribution in [0.3, 0.4) is 0 Å². The lowest BCUT2D eigenvalue weighted by atomic mass is 10.1. The van der Waals surface area contributed by atoms with Crippen molar-refractivity contribution in [2.24, 2.45) is 0 Å². The Labute approximate surface area is 108 Å². The fourth-order valence-electron chi connectivity index (χ4n) is 1.65. The van der Waals surface area contributed by atoms with E-state index in [2.05, 4.69) is 19.2 Å². The normalized spacial score (nSPS) is 12.5. The number of hydrogen-bond donors (Lipinski definition) is 2. The van der Waals surface area contributed by atoms with Gasteiger partial charge in [0.1, 0.15) is 5.75 Å². The molecule has 0 bridgehead atoms. The van der Waals surface area contributed by atoms with E-state index in [-0.39, 0.29) is 12.6 Å². The number of aliphatic hydroxyl groups excluding tert-OH is 1. The lowest BCUT2D eigenvalue weighted by molar-refractivity contribution is 0.232. The SMILES string of the molecule is CCNC(C)c1cc(Cl)ccc1OCCCO. The zero-order chi connectivity index (χ0) is 12.7. The van der Waals surface area contributed by atoms with Crippen LogP contribution in [0.4, 0.5) is 0 Å². The molecule has 1 atom stereocenters. The van der Waals surface area contributed by atoms with Crippen molar-refractivity contribution >= 4 is 11.6 Å². The molecule has 96 valence electrons. The molecule has 0 radical (unpaired) electrons. The molecule has 0 aliphatic heterocycles. The molecule has 0 aliphatic rings. The van der Waals surface area contributed by atoms with Crippen LogP contribution < -0.4 is 10.1 Å². The van der Waals surface area contributed by atoms with Crippen molar-refractivity contribution in [2.75, 3.05) is 19.8 Å². The number of benzene rings is 1. The summed E-state index contributed by atoms with van der Waals surface area (Å²) in [5.41, 5.74) is 1.05. The van der Waals surface area contributed by atoms with E-state index in [1.165, 1.54) is 0 Å². The van der Waals surface area contributed by atoms with Crippen LogP contribution in [0.25, 0.3) is 0 Å². The third-order valence-electron chi connectivity index (χ3n) is 2.51. The van der Waals surface area contributed by atoms with Gasteiger partial charge in [-0.2, -0.15) is 0 Å². The van der Waals surface area contributed by atoms with Gasteiger partial charge >= 0.3 is 0 Å². The number of ether oxygens (including phenoxy) is 1. The molecule has 1 rings (SSSR count). The first-order valence-corrected chi connectivity index (χ1v) is 6.33.